The Bertz CT molecular complexity index is 659. The lowest BCUT2D eigenvalue weighted by Gasteiger charge is -2.20. The Labute approximate surface area is 121 Å². The minimum Gasteiger partial charge on any atom is -0.482 e. The van der Waals surface area contributed by atoms with Crippen molar-refractivity contribution < 1.29 is 9.53 Å². The standard InChI is InChI=1S/C15H16N2O2S/c1-8-5-13(20-9(8)2)15(16)10-3-4-12-11(6-10)17-14(18)7-19-12/h3-6,15H,7,16H2,1-2H3,(H,17,18). The van der Waals surface area contributed by atoms with Crippen LogP contribution in [0.3, 0.4) is 0 Å². The van der Waals surface area contributed by atoms with Crippen LogP contribution in [0.15, 0.2) is 24.3 Å². The summed E-state index contributed by atoms with van der Waals surface area (Å²) >= 11 is 1.71. The second-order valence-corrected chi connectivity index (χ2v) is 6.25. The molecule has 1 atom stereocenters. The van der Waals surface area contributed by atoms with Gasteiger partial charge in [-0.1, -0.05) is 6.07 Å². The van der Waals surface area contributed by atoms with Crippen LogP contribution in [0.1, 0.15) is 26.9 Å². The second-order valence-electron chi connectivity index (χ2n) is 4.96. The van der Waals surface area contributed by atoms with Gasteiger partial charge >= 0.3 is 0 Å². The molecule has 2 heterocycles. The van der Waals surface area contributed by atoms with Gasteiger partial charge in [0, 0.05) is 9.75 Å². The Hall–Kier alpha value is -1.85. The molecule has 0 bridgehead atoms. The molecule has 3 rings (SSSR count). The number of carbonyl (C=O) groups is 1. The highest BCUT2D eigenvalue weighted by Gasteiger charge is 2.19. The van der Waals surface area contributed by atoms with E-state index in [0.717, 1.165) is 10.4 Å². The fourth-order valence-electron chi connectivity index (χ4n) is 2.21. The molecule has 1 aromatic carbocycles. The summed E-state index contributed by atoms with van der Waals surface area (Å²) in [7, 11) is 0. The second kappa shape index (κ2) is 4.92. The molecular formula is C15H16N2O2S. The first-order valence-corrected chi connectivity index (χ1v) is 7.25. The number of nitrogens with two attached hydrogens (primary N) is 1. The number of ether oxygens (including phenoxy) is 1. The van der Waals surface area contributed by atoms with Crippen LogP contribution in [0.5, 0.6) is 5.75 Å². The lowest BCUT2D eigenvalue weighted by atomic mass is 10.0. The monoisotopic (exact) mass is 288 g/mol. The predicted octanol–water partition coefficient (Wildman–Crippen LogP) is 2.74. The minimum atomic E-state index is -0.184. The average molecular weight is 288 g/mol. The zero-order valence-electron chi connectivity index (χ0n) is 11.4. The lowest BCUT2D eigenvalue weighted by Crippen LogP contribution is -2.25. The number of hydrogen-bond acceptors (Lipinski definition) is 4. The Morgan fingerprint density at radius 1 is 1.35 bits per heavy atom. The molecule has 0 radical (unpaired) electrons. The van der Waals surface area contributed by atoms with Crippen molar-refractivity contribution >= 4 is 22.9 Å². The van der Waals surface area contributed by atoms with E-state index in [1.54, 1.807) is 11.3 Å². The molecule has 1 amide bonds. The molecule has 3 N–H and O–H groups in total. The van der Waals surface area contributed by atoms with Crippen molar-refractivity contribution in [3.05, 3.63) is 45.1 Å². The van der Waals surface area contributed by atoms with Gasteiger partial charge in [-0.25, -0.2) is 0 Å². The third-order valence-electron chi connectivity index (χ3n) is 3.49. The van der Waals surface area contributed by atoms with E-state index in [2.05, 4.69) is 25.2 Å². The molecule has 0 saturated carbocycles. The molecule has 2 aromatic rings. The van der Waals surface area contributed by atoms with Crippen LogP contribution in [0.25, 0.3) is 0 Å². The minimum absolute atomic E-state index is 0.0711. The summed E-state index contributed by atoms with van der Waals surface area (Å²) in [5, 5.41) is 2.81. The van der Waals surface area contributed by atoms with Gasteiger partial charge in [0.15, 0.2) is 6.61 Å². The molecule has 4 nitrogen and oxygen atoms in total. The number of thiophene rings is 1. The number of hydrogen-bond donors (Lipinski definition) is 2. The SMILES string of the molecule is Cc1cc(C(N)c2ccc3c(c2)NC(=O)CO3)sc1C. The smallest absolute Gasteiger partial charge is 0.262 e. The van der Waals surface area contributed by atoms with Crippen LogP contribution in [-0.2, 0) is 4.79 Å². The predicted molar refractivity (Wildman–Crippen MR) is 80.4 cm³/mol. The maximum atomic E-state index is 11.4. The van der Waals surface area contributed by atoms with Crippen molar-refractivity contribution in [2.24, 2.45) is 5.73 Å². The quantitative estimate of drug-likeness (QED) is 0.893. The summed E-state index contributed by atoms with van der Waals surface area (Å²) in [4.78, 5) is 13.8. The maximum Gasteiger partial charge on any atom is 0.262 e. The van der Waals surface area contributed by atoms with Gasteiger partial charge in [0.05, 0.1) is 11.7 Å². The summed E-state index contributed by atoms with van der Waals surface area (Å²) in [6, 6.07) is 7.64. The highest BCUT2D eigenvalue weighted by atomic mass is 32.1. The van der Waals surface area contributed by atoms with E-state index in [1.807, 2.05) is 18.2 Å². The van der Waals surface area contributed by atoms with Crippen molar-refractivity contribution in [3.8, 4) is 5.75 Å². The van der Waals surface area contributed by atoms with Gasteiger partial charge in [-0.3, -0.25) is 4.79 Å². The van der Waals surface area contributed by atoms with Gasteiger partial charge in [-0.2, -0.15) is 0 Å². The highest BCUT2D eigenvalue weighted by molar-refractivity contribution is 7.12. The number of carbonyl (C=O) groups excluding carboxylic acids is 1. The molecule has 20 heavy (non-hydrogen) atoms. The van der Waals surface area contributed by atoms with Crippen molar-refractivity contribution in [1.82, 2.24) is 0 Å². The Kier molecular flexibility index (Phi) is 3.23. The van der Waals surface area contributed by atoms with E-state index in [-0.39, 0.29) is 18.6 Å². The van der Waals surface area contributed by atoms with Crippen molar-refractivity contribution in [1.29, 1.82) is 0 Å². The van der Waals surface area contributed by atoms with Crippen LogP contribution in [-0.4, -0.2) is 12.5 Å². The van der Waals surface area contributed by atoms with Crippen LogP contribution in [0, 0.1) is 13.8 Å². The van der Waals surface area contributed by atoms with Crippen molar-refractivity contribution in [3.63, 3.8) is 0 Å². The first-order chi connectivity index (χ1) is 9.54. The first kappa shape index (κ1) is 13.1. The van der Waals surface area contributed by atoms with Gasteiger partial charge in [0.25, 0.3) is 5.91 Å². The number of amides is 1. The van der Waals surface area contributed by atoms with E-state index in [9.17, 15) is 4.79 Å². The Morgan fingerprint density at radius 2 is 2.15 bits per heavy atom. The molecule has 1 aliphatic heterocycles. The van der Waals surface area contributed by atoms with E-state index in [0.29, 0.717) is 11.4 Å². The topological polar surface area (TPSA) is 64.3 Å². The summed E-state index contributed by atoms with van der Waals surface area (Å²) in [5.41, 5.74) is 9.24. The average Bonchev–Trinajstić information content (AvgIpc) is 2.77. The molecule has 0 fully saturated rings. The third-order valence-corrected chi connectivity index (χ3v) is 4.72. The largest absolute Gasteiger partial charge is 0.482 e. The molecule has 1 aliphatic rings. The molecule has 1 aromatic heterocycles. The number of fused-ring (bicyclic) bond motifs is 1. The normalized spacial score (nSPS) is 15.2. The molecule has 0 spiro atoms. The maximum absolute atomic E-state index is 11.4. The Morgan fingerprint density at radius 3 is 2.85 bits per heavy atom. The summed E-state index contributed by atoms with van der Waals surface area (Å²) in [6.07, 6.45) is 0. The zero-order chi connectivity index (χ0) is 14.3. The fraction of sp³-hybridized carbons (Fsp3) is 0.267. The summed E-state index contributed by atoms with van der Waals surface area (Å²) in [6.45, 7) is 4.25. The van der Waals surface area contributed by atoms with Crippen LogP contribution in [0.2, 0.25) is 0 Å². The molecular weight excluding hydrogens is 272 g/mol. The van der Waals surface area contributed by atoms with Gasteiger partial charge in [0.1, 0.15) is 5.75 Å². The van der Waals surface area contributed by atoms with Gasteiger partial charge in [-0.05, 0) is 43.2 Å². The van der Waals surface area contributed by atoms with Crippen molar-refractivity contribution in [2.75, 3.05) is 11.9 Å². The first-order valence-electron chi connectivity index (χ1n) is 6.43. The summed E-state index contributed by atoms with van der Waals surface area (Å²) < 4.78 is 5.35. The Balaban J connectivity index is 1.94. The van der Waals surface area contributed by atoms with Crippen LogP contribution < -0.4 is 15.8 Å². The fourth-order valence-corrected chi connectivity index (χ4v) is 3.29. The number of anilines is 1. The molecule has 1 unspecified atom stereocenters. The highest BCUT2D eigenvalue weighted by Crippen LogP contribution is 2.34. The number of benzene rings is 1. The third kappa shape index (κ3) is 2.30. The molecule has 0 saturated heterocycles. The van der Waals surface area contributed by atoms with E-state index < -0.39 is 0 Å². The summed E-state index contributed by atoms with van der Waals surface area (Å²) in [5.74, 6) is 0.560. The van der Waals surface area contributed by atoms with Crippen LogP contribution in [0.4, 0.5) is 5.69 Å². The zero-order valence-corrected chi connectivity index (χ0v) is 12.2. The van der Waals surface area contributed by atoms with E-state index in [1.165, 1.54) is 10.4 Å². The lowest BCUT2D eigenvalue weighted by molar-refractivity contribution is -0.118. The number of rotatable bonds is 2. The van der Waals surface area contributed by atoms with E-state index in [4.69, 9.17) is 10.5 Å². The number of nitrogens with one attached hydrogen (secondary N) is 1. The van der Waals surface area contributed by atoms with Gasteiger partial charge in [0.2, 0.25) is 0 Å². The number of aryl methyl sites for hydroxylation is 2. The molecule has 0 aliphatic carbocycles. The van der Waals surface area contributed by atoms with E-state index >= 15 is 0 Å². The van der Waals surface area contributed by atoms with Crippen LogP contribution >= 0.6 is 11.3 Å². The molecule has 5 heteroatoms. The van der Waals surface area contributed by atoms with Gasteiger partial charge in [-0.15, -0.1) is 11.3 Å². The molecule has 104 valence electrons. The van der Waals surface area contributed by atoms with Crippen molar-refractivity contribution in [2.45, 2.75) is 19.9 Å². The van der Waals surface area contributed by atoms with Gasteiger partial charge < -0.3 is 15.8 Å².